The number of rotatable bonds is 3. The van der Waals surface area contributed by atoms with Gasteiger partial charge >= 0.3 is 0 Å². The van der Waals surface area contributed by atoms with E-state index in [4.69, 9.17) is 5.11 Å². The Labute approximate surface area is 110 Å². The van der Waals surface area contributed by atoms with Gasteiger partial charge in [0.05, 0.1) is 0 Å². The highest BCUT2D eigenvalue weighted by Gasteiger charge is 2.40. The number of likely N-dealkylation sites (tertiary alicyclic amines) is 1. The highest BCUT2D eigenvalue weighted by molar-refractivity contribution is 5.83. The van der Waals surface area contributed by atoms with Crippen LogP contribution in [0.25, 0.3) is 0 Å². The monoisotopic (exact) mass is 254 g/mol. The summed E-state index contributed by atoms with van der Waals surface area (Å²) < 4.78 is 0. The van der Waals surface area contributed by atoms with Crippen LogP contribution in [0.5, 0.6) is 0 Å². The summed E-state index contributed by atoms with van der Waals surface area (Å²) >= 11 is 0. The predicted molar refractivity (Wildman–Crippen MR) is 71.3 cm³/mol. The second-order valence-electron chi connectivity index (χ2n) is 5.97. The quantitative estimate of drug-likeness (QED) is 0.794. The number of nitrogens with one attached hydrogen (secondary N) is 1. The molecule has 1 atom stereocenters. The molecule has 4 nitrogen and oxygen atoms in total. The summed E-state index contributed by atoms with van der Waals surface area (Å²) in [5.41, 5.74) is -0.184. The van der Waals surface area contributed by atoms with Crippen LogP contribution in [-0.4, -0.2) is 48.2 Å². The number of hydrogen-bond donors (Lipinski definition) is 2. The Morgan fingerprint density at radius 2 is 2.11 bits per heavy atom. The Kier molecular flexibility index (Phi) is 4.62. The Hall–Kier alpha value is -0.610. The number of hydrogen-bond acceptors (Lipinski definition) is 3. The minimum atomic E-state index is -0.184. The fraction of sp³-hybridized carbons (Fsp3) is 0.929. The van der Waals surface area contributed by atoms with Crippen molar-refractivity contribution < 1.29 is 9.90 Å². The first-order valence-corrected chi connectivity index (χ1v) is 7.30. The molecule has 2 rings (SSSR count). The van der Waals surface area contributed by atoms with Gasteiger partial charge < -0.3 is 15.3 Å². The van der Waals surface area contributed by atoms with E-state index in [9.17, 15) is 4.79 Å². The Morgan fingerprint density at radius 1 is 1.39 bits per heavy atom. The maximum absolute atomic E-state index is 12.8. The molecule has 1 unspecified atom stereocenters. The summed E-state index contributed by atoms with van der Waals surface area (Å²) in [7, 11) is 0. The number of carbonyl (C=O) groups is 1. The molecule has 0 aromatic carbocycles. The van der Waals surface area contributed by atoms with E-state index >= 15 is 0 Å². The number of carbonyl (C=O) groups excluding carboxylic acids is 1. The fourth-order valence-electron chi connectivity index (χ4n) is 3.26. The van der Waals surface area contributed by atoms with Crippen molar-refractivity contribution in [3.8, 4) is 0 Å². The largest absolute Gasteiger partial charge is 0.396 e. The second kappa shape index (κ2) is 6.02. The molecule has 18 heavy (non-hydrogen) atoms. The maximum Gasteiger partial charge on any atom is 0.228 e. The topological polar surface area (TPSA) is 52.6 Å². The van der Waals surface area contributed by atoms with Crippen molar-refractivity contribution in [1.82, 2.24) is 10.2 Å². The molecule has 0 saturated carbocycles. The number of nitrogens with zero attached hydrogens (tertiary/aromatic N) is 1. The minimum absolute atomic E-state index is 0.184. The van der Waals surface area contributed by atoms with Crippen LogP contribution in [0, 0.1) is 5.41 Å². The van der Waals surface area contributed by atoms with Crippen LogP contribution in [0.1, 0.15) is 45.4 Å². The summed E-state index contributed by atoms with van der Waals surface area (Å²) in [6.07, 6.45) is 5.97. The maximum atomic E-state index is 12.8. The molecule has 1 amide bonds. The number of piperidine rings is 2. The second-order valence-corrected chi connectivity index (χ2v) is 5.97. The van der Waals surface area contributed by atoms with E-state index in [1.165, 1.54) is 6.42 Å². The van der Waals surface area contributed by atoms with Crippen LogP contribution in [0.2, 0.25) is 0 Å². The minimum Gasteiger partial charge on any atom is -0.396 e. The third-order valence-electron chi connectivity index (χ3n) is 4.57. The van der Waals surface area contributed by atoms with Crippen LogP contribution in [0.3, 0.4) is 0 Å². The molecule has 0 aromatic heterocycles. The third kappa shape index (κ3) is 2.86. The lowest BCUT2D eigenvalue weighted by Gasteiger charge is -2.43. The molecule has 2 aliphatic heterocycles. The molecule has 2 N–H and O–H groups in total. The van der Waals surface area contributed by atoms with Gasteiger partial charge in [-0.15, -0.1) is 0 Å². The third-order valence-corrected chi connectivity index (χ3v) is 4.57. The molecular formula is C14H26N2O2. The van der Waals surface area contributed by atoms with E-state index in [-0.39, 0.29) is 18.1 Å². The Morgan fingerprint density at radius 3 is 2.78 bits per heavy atom. The molecule has 0 radical (unpaired) electrons. The highest BCUT2D eigenvalue weighted by atomic mass is 16.3. The van der Waals surface area contributed by atoms with Gasteiger partial charge in [-0.1, -0.05) is 6.92 Å². The Bertz CT molecular complexity index is 286. The fourth-order valence-corrected chi connectivity index (χ4v) is 3.26. The van der Waals surface area contributed by atoms with E-state index in [1.807, 2.05) is 0 Å². The molecule has 104 valence electrons. The summed E-state index contributed by atoms with van der Waals surface area (Å²) in [6, 6.07) is 0.267. The van der Waals surface area contributed by atoms with Crippen molar-refractivity contribution in [3.63, 3.8) is 0 Å². The molecular weight excluding hydrogens is 228 g/mol. The van der Waals surface area contributed by atoms with E-state index in [1.54, 1.807) is 0 Å². The van der Waals surface area contributed by atoms with E-state index in [0.29, 0.717) is 5.91 Å². The molecule has 2 heterocycles. The zero-order valence-corrected chi connectivity index (χ0v) is 11.5. The van der Waals surface area contributed by atoms with Crippen LogP contribution in [0.15, 0.2) is 0 Å². The van der Waals surface area contributed by atoms with Crippen molar-refractivity contribution in [1.29, 1.82) is 0 Å². The number of aliphatic hydroxyl groups excluding tert-OH is 1. The van der Waals surface area contributed by atoms with Crippen LogP contribution in [0.4, 0.5) is 0 Å². The van der Waals surface area contributed by atoms with Gasteiger partial charge in [0.15, 0.2) is 0 Å². The van der Waals surface area contributed by atoms with Crippen LogP contribution < -0.4 is 5.32 Å². The van der Waals surface area contributed by atoms with Crippen molar-refractivity contribution >= 4 is 5.91 Å². The molecule has 2 saturated heterocycles. The van der Waals surface area contributed by atoms with E-state index in [2.05, 4.69) is 17.1 Å². The number of aliphatic hydroxyl groups is 1. The zero-order chi connectivity index (χ0) is 13.0. The molecule has 0 spiro atoms. The molecule has 4 heteroatoms. The van der Waals surface area contributed by atoms with Crippen molar-refractivity contribution in [2.45, 2.75) is 51.5 Å². The molecule has 2 aliphatic rings. The van der Waals surface area contributed by atoms with Crippen LogP contribution in [-0.2, 0) is 4.79 Å². The molecule has 0 aliphatic carbocycles. The molecule has 2 fully saturated rings. The summed E-state index contributed by atoms with van der Waals surface area (Å²) in [4.78, 5) is 14.8. The lowest BCUT2D eigenvalue weighted by atomic mass is 9.78. The van der Waals surface area contributed by atoms with Gasteiger partial charge in [-0.3, -0.25) is 4.79 Å². The van der Waals surface area contributed by atoms with Gasteiger partial charge in [-0.05, 0) is 51.6 Å². The van der Waals surface area contributed by atoms with E-state index < -0.39 is 0 Å². The SMILES string of the molecule is CC1(C(=O)N2CCCCC2CCO)CCNCC1. The van der Waals surface area contributed by atoms with Crippen molar-refractivity contribution in [3.05, 3.63) is 0 Å². The van der Waals surface area contributed by atoms with Crippen molar-refractivity contribution in [2.75, 3.05) is 26.2 Å². The van der Waals surface area contributed by atoms with Gasteiger partial charge in [0, 0.05) is 24.6 Å². The first-order valence-electron chi connectivity index (χ1n) is 7.30. The predicted octanol–water partition coefficient (Wildman–Crippen LogP) is 1.14. The summed E-state index contributed by atoms with van der Waals surface area (Å²) in [6.45, 7) is 5.07. The summed E-state index contributed by atoms with van der Waals surface area (Å²) in [5, 5.41) is 12.5. The van der Waals surface area contributed by atoms with Gasteiger partial charge in [0.1, 0.15) is 0 Å². The van der Waals surface area contributed by atoms with Gasteiger partial charge in [0.25, 0.3) is 0 Å². The van der Waals surface area contributed by atoms with Gasteiger partial charge in [-0.25, -0.2) is 0 Å². The van der Waals surface area contributed by atoms with E-state index in [0.717, 1.165) is 51.7 Å². The number of amides is 1. The first kappa shape index (κ1) is 13.8. The average Bonchev–Trinajstić information content (AvgIpc) is 2.40. The smallest absolute Gasteiger partial charge is 0.228 e. The lowest BCUT2D eigenvalue weighted by Crippen LogP contribution is -2.52. The molecule has 0 bridgehead atoms. The highest BCUT2D eigenvalue weighted by Crippen LogP contribution is 2.33. The average molecular weight is 254 g/mol. The lowest BCUT2D eigenvalue weighted by molar-refractivity contribution is -0.147. The molecule has 0 aromatic rings. The van der Waals surface area contributed by atoms with Gasteiger partial charge in [0.2, 0.25) is 5.91 Å². The van der Waals surface area contributed by atoms with Crippen molar-refractivity contribution in [2.24, 2.45) is 5.41 Å². The summed E-state index contributed by atoms with van der Waals surface area (Å²) in [5.74, 6) is 0.321. The van der Waals surface area contributed by atoms with Gasteiger partial charge in [-0.2, -0.15) is 0 Å². The zero-order valence-electron chi connectivity index (χ0n) is 11.5. The Balaban J connectivity index is 2.05. The normalized spacial score (nSPS) is 28.1. The standard InChI is InChI=1S/C14H26N2O2/c1-14(6-8-15-9-7-14)13(18)16-10-3-2-4-12(16)5-11-17/h12,15,17H,2-11H2,1H3. The first-order chi connectivity index (χ1) is 8.67. The van der Waals surface area contributed by atoms with Crippen LogP contribution >= 0.6 is 0 Å².